The summed E-state index contributed by atoms with van der Waals surface area (Å²) in [7, 11) is -3.22. The van der Waals surface area contributed by atoms with Crippen molar-refractivity contribution in [1.82, 2.24) is 9.03 Å². The Balaban J connectivity index is 1.88. The molecule has 1 aliphatic heterocycles. The summed E-state index contributed by atoms with van der Waals surface area (Å²) in [6, 6.07) is 0.165. The first-order chi connectivity index (χ1) is 8.08. The molecular weight excluding hydrogens is 236 g/mol. The van der Waals surface area contributed by atoms with Gasteiger partial charge in [0, 0.05) is 19.1 Å². The molecule has 0 aromatic rings. The number of hydrogen-bond donors (Lipinski definition) is 1. The summed E-state index contributed by atoms with van der Waals surface area (Å²) in [6.07, 6.45) is 7.45. The molecule has 0 radical (unpaired) electrons. The Kier molecular flexibility index (Phi) is 4.44. The van der Waals surface area contributed by atoms with Crippen molar-refractivity contribution in [3.63, 3.8) is 0 Å². The third-order valence-electron chi connectivity index (χ3n) is 3.99. The third-order valence-corrected chi connectivity index (χ3v) is 5.66. The molecule has 0 unspecified atom stereocenters. The van der Waals surface area contributed by atoms with Crippen molar-refractivity contribution < 1.29 is 8.42 Å². The first-order valence-electron chi connectivity index (χ1n) is 6.85. The van der Waals surface area contributed by atoms with E-state index in [0.29, 0.717) is 13.1 Å². The Hall–Kier alpha value is -0.130. The van der Waals surface area contributed by atoms with Crippen molar-refractivity contribution in [3.05, 3.63) is 0 Å². The van der Waals surface area contributed by atoms with Crippen LogP contribution in [0.2, 0.25) is 0 Å². The first-order valence-corrected chi connectivity index (χ1v) is 8.29. The molecule has 17 heavy (non-hydrogen) atoms. The molecule has 5 heteroatoms. The summed E-state index contributed by atoms with van der Waals surface area (Å²) in [5.74, 6) is 0.755. The van der Waals surface area contributed by atoms with Gasteiger partial charge in [0.05, 0.1) is 0 Å². The van der Waals surface area contributed by atoms with E-state index in [1.54, 1.807) is 4.31 Å². The molecule has 0 aromatic heterocycles. The lowest BCUT2D eigenvalue weighted by molar-refractivity contribution is 0.309. The summed E-state index contributed by atoms with van der Waals surface area (Å²) in [5, 5.41) is 0. The smallest absolute Gasteiger partial charge is 0.199 e. The SMILES string of the molecule is CC1CCC(NS(=O)(=O)N2CCCCC2)CC1. The zero-order valence-corrected chi connectivity index (χ0v) is 11.5. The largest absolute Gasteiger partial charge is 0.279 e. The molecule has 2 fully saturated rings. The summed E-state index contributed by atoms with van der Waals surface area (Å²) in [4.78, 5) is 0. The molecule has 2 rings (SSSR count). The highest BCUT2D eigenvalue weighted by atomic mass is 32.2. The minimum Gasteiger partial charge on any atom is -0.199 e. The van der Waals surface area contributed by atoms with Crippen molar-refractivity contribution in [2.45, 2.75) is 57.9 Å². The second-order valence-electron chi connectivity index (χ2n) is 5.54. The van der Waals surface area contributed by atoms with Crippen LogP contribution in [0.3, 0.4) is 0 Å². The van der Waals surface area contributed by atoms with Crippen LogP contribution in [0.4, 0.5) is 0 Å². The predicted molar refractivity (Wildman–Crippen MR) is 68.9 cm³/mol. The number of nitrogens with zero attached hydrogens (tertiary/aromatic N) is 1. The third kappa shape index (κ3) is 3.66. The Morgan fingerprint density at radius 3 is 2.18 bits per heavy atom. The van der Waals surface area contributed by atoms with E-state index in [1.165, 1.54) is 0 Å². The number of piperidine rings is 1. The van der Waals surface area contributed by atoms with Gasteiger partial charge in [-0.1, -0.05) is 13.3 Å². The van der Waals surface area contributed by atoms with Crippen LogP contribution in [0, 0.1) is 5.92 Å². The second kappa shape index (κ2) is 5.67. The summed E-state index contributed by atoms with van der Waals surface area (Å²) in [5.41, 5.74) is 0. The predicted octanol–water partition coefficient (Wildman–Crippen LogP) is 1.89. The maximum absolute atomic E-state index is 12.2. The highest BCUT2D eigenvalue weighted by Gasteiger charge is 2.28. The maximum atomic E-state index is 12.2. The molecule has 1 saturated carbocycles. The Bertz CT molecular complexity index is 328. The van der Waals surface area contributed by atoms with E-state index in [1.807, 2.05) is 0 Å². The van der Waals surface area contributed by atoms with E-state index in [2.05, 4.69) is 11.6 Å². The van der Waals surface area contributed by atoms with Gasteiger partial charge in [0.15, 0.2) is 0 Å². The van der Waals surface area contributed by atoms with Crippen LogP contribution in [0.15, 0.2) is 0 Å². The van der Waals surface area contributed by atoms with Crippen LogP contribution < -0.4 is 4.72 Å². The van der Waals surface area contributed by atoms with Crippen molar-refractivity contribution >= 4 is 10.2 Å². The molecule has 2 aliphatic rings. The van der Waals surface area contributed by atoms with Crippen molar-refractivity contribution in [3.8, 4) is 0 Å². The van der Waals surface area contributed by atoms with Crippen LogP contribution in [0.5, 0.6) is 0 Å². The van der Waals surface area contributed by atoms with Crippen LogP contribution in [0.25, 0.3) is 0 Å². The fourth-order valence-corrected chi connectivity index (χ4v) is 4.31. The highest BCUT2D eigenvalue weighted by Crippen LogP contribution is 2.24. The van der Waals surface area contributed by atoms with E-state index in [-0.39, 0.29) is 6.04 Å². The fourth-order valence-electron chi connectivity index (χ4n) is 2.77. The lowest BCUT2D eigenvalue weighted by Crippen LogP contribution is -2.48. The maximum Gasteiger partial charge on any atom is 0.279 e. The zero-order valence-electron chi connectivity index (χ0n) is 10.7. The monoisotopic (exact) mass is 260 g/mol. The van der Waals surface area contributed by atoms with Gasteiger partial charge in [0.25, 0.3) is 10.2 Å². The standard InChI is InChI=1S/C12H24N2O2S/c1-11-5-7-12(8-6-11)13-17(15,16)14-9-3-2-4-10-14/h11-13H,2-10H2,1H3. The molecule has 1 N–H and O–H groups in total. The van der Waals surface area contributed by atoms with Crippen molar-refractivity contribution in [2.75, 3.05) is 13.1 Å². The van der Waals surface area contributed by atoms with E-state index in [4.69, 9.17) is 0 Å². The molecular formula is C12H24N2O2S. The molecule has 100 valence electrons. The Morgan fingerprint density at radius 2 is 1.59 bits per heavy atom. The molecule has 0 atom stereocenters. The van der Waals surface area contributed by atoms with E-state index in [0.717, 1.165) is 50.9 Å². The van der Waals surface area contributed by atoms with Gasteiger partial charge < -0.3 is 0 Å². The van der Waals surface area contributed by atoms with Crippen LogP contribution >= 0.6 is 0 Å². The van der Waals surface area contributed by atoms with Gasteiger partial charge in [0.2, 0.25) is 0 Å². The van der Waals surface area contributed by atoms with Gasteiger partial charge in [-0.2, -0.15) is 17.4 Å². The van der Waals surface area contributed by atoms with E-state index in [9.17, 15) is 8.42 Å². The van der Waals surface area contributed by atoms with Crippen molar-refractivity contribution in [1.29, 1.82) is 0 Å². The summed E-state index contributed by atoms with van der Waals surface area (Å²) < 4.78 is 28.8. The number of nitrogens with one attached hydrogen (secondary N) is 1. The average molecular weight is 260 g/mol. The minimum absolute atomic E-state index is 0.165. The highest BCUT2D eigenvalue weighted by molar-refractivity contribution is 7.87. The lowest BCUT2D eigenvalue weighted by atomic mass is 9.88. The van der Waals surface area contributed by atoms with Gasteiger partial charge in [-0.15, -0.1) is 0 Å². The topological polar surface area (TPSA) is 49.4 Å². The Labute approximate surface area is 105 Å². The number of hydrogen-bond acceptors (Lipinski definition) is 2. The summed E-state index contributed by atoms with van der Waals surface area (Å²) >= 11 is 0. The molecule has 4 nitrogen and oxygen atoms in total. The second-order valence-corrected chi connectivity index (χ2v) is 7.24. The number of rotatable bonds is 3. The molecule has 1 saturated heterocycles. The molecule has 0 aromatic carbocycles. The van der Waals surface area contributed by atoms with Gasteiger partial charge in [-0.25, -0.2) is 0 Å². The molecule has 0 amide bonds. The molecule has 1 aliphatic carbocycles. The Morgan fingerprint density at radius 1 is 1.00 bits per heavy atom. The zero-order chi connectivity index (χ0) is 12.3. The van der Waals surface area contributed by atoms with Gasteiger partial charge in [-0.05, 0) is 44.4 Å². The molecule has 1 heterocycles. The summed E-state index contributed by atoms with van der Waals surface area (Å²) in [6.45, 7) is 3.63. The van der Waals surface area contributed by atoms with Crippen molar-refractivity contribution in [2.24, 2.45) is 5.92 Å². The fraction of sp³-hybridized carbons (Fsp3) is 1.00. The molecule has 0 bridgehead atoms. The van der Waals surface area contributed by atoms with Gasteiger partial charge in [-0.3, -0.25) is 0 Å². The minimum atomic E-state index is -3.22. The van der Waals surface area contributed by atoms with Crippen LogP contribution in [0.1, 0.15) is 51.9 Å². The normalized spacial score (nSPS) is 32.5. The van der Waals surface area contributed by atoms with E-state index < -0.39 is 10.2 Å². The van der Waals surface area contributed by atoms with Gasteiger partial charge >= 0.3 is 0 Å². The molecule has 0 spiro atoms. The van der Waals surface area contributed by atoms with Gasteiger partial charge in [0.1, 0.15) is 0 Å². The van der Waals surface area contributed by atoms with Crippen LogP contribution in [-0.2, 0) is 10.2 Å². The first kappa shape index (κ1) is 13.3. The van der Waals surface area contributed by atoms with Crippen LogP contribution in [-0.4, -0.2) is 31.9 Å². The van der Waals surface area contributed by atoms with E-state index >= 15 is 0 Å². The average Bonchev–Trinajstić information content (AvgIpc) is 2.33. The quantitative estimate of drug-likeness (QED) is 0.842. The lowest BCUT2D eigenvalue weighted by Gasteiger charge is -2.31.